The number of aromatic nitrogens is 1. The number of nitrogens with zero attached hydrogens (tertiary/aromatic N) is 2. The van der Waals surface area contributed by atoms with Crippen molar-refractivity contribution in [2.75, 3.05) is 13.1 Å². The van der Waals surface area contributed by atoms with Crippen LogP contribution in [0.15, 0.2) is 29.2 Å². The van der Waals surface area contributed by atoms with Gasteiger partial charge in [-0.3, -0.25) is 9.59 Å². The lowest BCUT2D eigenvalue weighted by Crippen LogP contribution is -2.31. The zero-order chi connectivity index (χ0) is 13.1. The summed E-state index contributed by atoms with van der Waals surface area (Å²) in [5.74, 6) is -0.165. The van der Waals surface area contributed by atoms with E-state index >= 15 is 0 Å². The first-order chi connectivity index (χ1) is 8.58. The summed E-state index contributed by atoms with van der Waals surface area (Å²) in [6.07, 6.45) is 0.0777. The average Bonchev–Trinajstić information content (AvgIpc) is 2.68. The van der Waals surface area contributed by atoms with E-state index in [9.17, 15) is 19.8 Å². The first-order valence-electron chi connectivity index (χ1n) is 5.87. The molecule has 1 aromatic heterocycles. The maximum absolute atomic E-state index is 11.8. The summed E-state index contributed by atoms with van der Waals surface area (Å²) in [5.41, 5.74) is -0.146. The molecule has 0 spiro atoms. The summed E-state index contributed by atoms with van der Waals surface area (Å²) in [6.45, 7) is 0.620. The molecule has 6 nitrogen and oxygen atoms in total. The van der Waals surface area contributed by atoms with Gasteiger partial charge in [0.15, 0.2) is 0 Å². The van der Waals surface area contributed by atoms with E-state index in [4.69, 9.17) is 0 Å². The van der Waals surface area contributed by atoms with Crippen LogP contribution in [0.3, 0.4) is 0 Å². The second-order valence-corrected chi connectivity index (χ2v) is 4.42. The number of amides is 1. The van der Waals surface area contributed by atoms with Crippen molar-refractivity contribution in [2.24, 2.45) is 0 Å². The highest BCUT2D eigenvalue weighted by atomic mass is 16.3. The van der Waals surface area contributed by atoms with Gasteiger partial charge in [0.25, 0.3) is 5.56 Å². The summed E-state index contributed by atoms with van der Waals surface area (Å²) in [6, 6.07) is 4.82. The number of likely N-dealkylation sites (tertiary alicyclic amines) is 1. The molecule has 18 heavy (non-hydrogen) atoms. The van der Waals surface area contributed by atoms with E-state index in [1.807, 2.05) is 0 Å². The van der Waals surface area contributed by atoms with Gasteiger partial charge in [0.1, 0.15) is 0 Å². The fourth-order valence-electron chi connectivity index (χ4n) is 1.99. The molecular formula is C12H16N2O4. The highest BCUT2D eigenvalue weighted by Gasteiger charge is 2.32. The number of rotatable bonds is 3. The number of β-amino-alcohol motifs (C(OH)–C–C–N with tert-alkyl or cyclic N) is 2. The quantitative estimate of drug-likeness (QED) is 0.708. The SMILES string of the molecule is O=C(CCn1ccccc1=O)N1C[C@@H](O)[C@@H](O)C1. The topological polar surface area (TPSA) is 82.8 Å². The number of aliphatic hydroxyl groups excluding tert-OH is 2. The first-order valence-corrected chi connectivity index (χ1v) is 5.87. The van der Waals surface area contributed by atoms with Crippen molar-refractivity contribution >= 4 is 5.91 Å². The Hall–Kier alpha value is -1.66. The Kier molecular flexibility index (Phi) is 3.78. The Labute approximate surface area is 104 Å². The largest absolute Gasteiger partial charge is 0.388 e. The van der Waals surface area contributed by atoms with Gasteiger partial charge in [-0.2, -0.15) is 0 Å². The highest BCUT2D eigenvalue weighted by Crippen LogP contribution is 2.11. The standard InChI is InChI=1S/C12H16N2O4/c15-9-7-14(8-10(9)16)12(18)4-6-13-5-2-1-3-11(13)17/h1-3,5,9-10,15-16H,4,6-8H2/t9-,10+. The zero-order valence-electron chi connectivity index (χ0n) is 9.90. The molecule has 2 rings (SSSR count). The molecule has 2 atom stereocenters. The van der Waals surface area contributed by atoms with Crippen molar-refractivity contribution in [2.45, 2.75) is 25.2 Å². The lowest BCUT2D eigenvalue weighted by atomic mass is 10.3. The second-order valence-electron chi connectivity index (χ2n) is 4.42. The van der Waals surface area contributed by atoms with E-state index in [2.05, 4.69) is 0 Å². The Balaban J connectivity index is 1.90. The number of aliphatic hydroxyl groups is 2. The van der Waals surface area contributed by atoms with E-state index in [1.165, 1.54) is 15.5 Å². The number of aryl methyl sites for hydroxylation is 1. The first kappa shape index (κ1) is 12.8. The van der Waals surface area contributed by atoms with Crippen LogP contribution in [0.25, 0.3) is 0 Å². The van der Waals surface area contributed by atoms with Gasteiger partial charge in [-0.15, -0.1) is 0 Å². The van der Waals surface area contributed by atoms with Crippen LogP contribution < -0.4 is 5.56 Å². The maximum atomic E-state index is 11.8. The number of pyridine rings is 1. The van der Waals surface area contributed by atoms with Crippen LogP contribution in [-0.4, -0.2) is 50.9 Å². The van der Waals surface area contributed by atoms with Crippen LogP contribution in [-0.2, 0) is 11.3 Å². The summed E-state index contributed by atoms with van der Waals surface area (Å²) in [7, 11) is 0. The molecule has 1 fully saturated rings. The highest BCUT2D eigenvalue weighted by molar-refractivity contribution is 5.76. The predicted octanol–water partition coefficient (Wildman–Crippen LogP) is -1.20. The van der Waals surface area contributed by atoms with Gasteiger partial charge >= 0.3 is 0 Å². The van der Waals surface area contributed by atoms with Crippen LogP contribution in [0.1, 0.15) is 6.42 Å². The molecule has 98 valence electrons. The lowest BCUT2D eigenvalue weighted by molar-refractivity contribution is -0.130. The minimum absolute atomic E-state index is 0.146. The van der Waals surface area contributed by atoms with Crippen molar-refractivity contribution < 1.29 is 15.0 Å². The van der Waals surface area contributed by atoms with Crippen LogP contribution >= 0.6 is 0 Å². The predicted molar refractivity (Wildman–Crippen MR) is 63.9 cm³/mol. The van der Waals surface area contributed by atoms with E-state index < -0.39 is 12.2 Å². The normalized spacial score (nSPS) is 23.3. The molecule has 6 heteroatoms. The molecular weight excluding hydrogens is 236 g/mol. The lowest BCUT2D eigenvalue weighted by Gasteiger charge is -2.15. The van der Waals surface area contributed by atoms with Crippen molar-refractivity contribution in [3.05, 3.63) is 34.7 Å². The molecule has 0 aliphatic carbocycles. The Morgan fingerprint density at radius 3 is 2.56 bits per heavy atom. The molecule has 1 aromatic rings. The van der Waals surface area contributed by atoms with Crippen molar-refractivity contribution in [3.63, 3.8) is 0 Å². The van der Waals surface area contributed by atoms with E-state index in [-0.39, 0.29) is 31.0 Å². The van der Waals surface area contributed by atoms with Crippen LogP contribution in [0.2, 0.25) is 0 Å². The van der Waals surface area contributed by atoms with Crippen LogP contribution in [0.4, 0.5) is 0 Å². The summed E-state index contributed by atoms with van der Waals surface area (Å²) < 4.78 is 1.46. The van der Waals surface area contributed by atoms with Gasteiger partial charge in [0.2, 0.25) is 5.91 Å². The molecule has 0 aromatic carbocycles. The van der Waals surface area contributed by atoms with Gasteiger partial charge in [-0.05, 0) is 6.07 Å². The fourth-order valence-corrected chi connectivity index (χ4v) is 1.99. The van der Waals surface area contributed by atoms with Crippen LogP contribution in [0, 0.1) is 0 Å². The van der Waals surface area contributed by atoms with E-state index in [0.717, 1.165) is 0 Å². The van der Waals surface area contributed by atoms with Gasteiger partial charge in [0, 0.05) is 38.3 Å². The Morgan fingerprint density at radius 2 is 1.94 bits per heavy atom. The number of hydrogen-bond acceptors (Lipinski definition) is 4. The minimum Gasteiger partial charge on any atom is -0.388 e. The Bertz CT molecular complexity index is 475. The molecule has 1 aliphatic rings. The van der Waals surface area contributed by atoms with Gasteiger partial charge in [-0.25, -0.2) is 0 Å². The molecule has 1 saturated heterocycles. The zero-order valence-corrected chi connectivity index (χ0v) is 9.90. The van der Waals surface area contributed by atoms with Crippen molar-refractivity contribution in [1.82, 2.24) is 9.47 Å². The van der Waals surface area contributed by atoms with Crippen molar-refractivity contribution in [1.29, 1.82) is 0 Å². The van der Waals surface area contributed by atoms with Crippen LogP contribution in [0.5, 0.6) is 0 Å². The molecule has 0 saturated carbocycles. The fraction of sp³-hybridized carbons (Fsp3) is 0.500. The second kappa shape index (κ2) is 5.32. The van der Waals surface area contributed by atoms with Crippen molar-refractivity contribution in [3.8, 4) is 0 Å². The molecule has 1 amide bonds. The maximum Gasteiger partial charge on any atom is 0.250 e. The number of carbonyl (C=O) groups is 1. The molecule has 2 heterocycles. The third-order valence-electron chi connectivity index (χ3n) is 3.08. The Morgan fingerprint density at radius 1 is 1.28 bits per heavy atom. The van der Waals surface area contributed by atoms with Gasteiger partial charge in [-0.1, -0.05) is 6.07 Å². The van der Waals surface area contributed by atoms with Gasteiger partial charge < -0.3 is 19.7 Å². The summed E-state index contributed by atoms with van der Waals surface area (Å²) >= 11 is 0. The average molecular weight is 252 g/mol. The third kappa shape index (κ3) is 2.77. The summed E-state index contributed by atoms with van der Waals surface area (Å²) in [4.78, 5) is 24.6. The molecule has 0 radical (unpaired) electrons. The smallest absolute Gasteiger partial charge is 0.250 e. The van der Waals surface area contributed by atoms with E-state index in [1.54, 1.807) is 18.3 Å². The van der Waals surface area contributed by atoms with Gasteiger partial charge in [0.05, 0.1) is 12.2 Å². The number of carbonyl (C=O) groups excluding carboxylic acids is 1. The third-order valence-corrected chi connectivity index (χ3v) is 3.08. The monoisotopic (exact) mass is 252 g/mol. The molecule has 2 N–H and O–H groups in total. The van der Waals surface area contributed by atoms with E-state index in [0.29, 0.717) is 6.54 Å². The summed E-state index contributed by atoms with van der Waals surface area (Å²) in [5, 5.41) is 18.7. The molecule has 0 unspecified atom stereocenters. The molecule has 1 aliphatic heterocycles. The molecule has 0 bridgehead atoms. The minimum atomic E-state index is -0.867. The number of hydrogen-bond donors (Lipinski definition) is 2.